The Morgan fingerprint density at radius 1 is 1.24 bits per heavy atom. The van der Waals surface area contributed by atoms with Crippen LogP contribution in [-0.2, 0) is 4.79 Å². The number of pyridine rings is 1. The molecule has 25 heavy (non-hydrogen) atoms. The lowest BCUT2D eigenvalue weighted by Gasteiger charge is -2.31. The molecule has 3 heterocycles. The van der Waals surface area contributed by atoms with Crippen molar-refractivity contribution in [2.75, 3.05) is 25.0 Å². The number of piperidine rings is 1. The van der Waals surface area contributed by atoms with Gasteiger partial charge in [-0.3, -0.25) is 19.5 Å². The number of hydrogen-bond acceptors (Lipinski definition) is 5. The topological polar surface area (TPSA) is 87.5 Å². The Kier molecular flexibility index (Phi) is 5.45. The van der Waals surface area contributed by atoms with E-state index < -0.39 is 0 Å². The fourth-order valence-electron chi connectivity index (χ4n) is 2.93. The molecule has 0 spiro atoms. The largest absolute Gasteiger partial charge is 0.459 e. The Labute approximate surface area is 146 Å². The van der Waals surface area contributed by atoms with Gasteiger partial charge in [0, 0.05) is 42.8 Å². The van der Waals surface area contributed by atoms with Gasteiger partial charge in [-0.05, 0) is 38.0 Å². The van der Waals surface area contributed by atoms with E-state index in [1.807, 2.05) is 6.92 Å². The minimum atomic E-state index is -0.170. The molecule has 1 aliphatic rings. The van der Waals surface area contributed by atoms with Crippen LogP contribution in [0.4, 0.5) is 5.69 Å². The molecule has 0 radical (unpaired) electrons. The van der Waals surface area contributed by atoms with Crippen LogP contribution in [0.3, 0.4) is 0 Å². The minimum Gasteiger partial charge on any atom is -0.459 e. The first-order chi connectivity index (χ1) is 12.1. The van der Waals surface area contributed by atoms with E-state index in [1.165, 1.54) is 6.26 Å². The number of anilines is 1. The Balaban J connectivity index is 1.42. The summed E-state index contributed by atoms with van der Waals surface area (Å²) in [6.45, 7) is 3.74. The molecule has 3 rings (SSSR count). The summed E-state index contributed by atoms with van der Waals surface area (Å²) in [5.74, 6) is 0.162. The normalized spacial score (nSPS) is 15.7. The molecular formula is C18H22N4O3. The molecule has 1 fully saturated rings. The minimum absolute atomic E-state index is 0.0418. The first-order valence-electron chi connectivity index (χ1n) is 8.39. The van der Waals surface area contributed by atoms with Crippen LogP contribution >= 0.6 is 0 Å². The molecule has 132 valence electrons. The van der Waals surface area contributed by atoms with Gasteiger partial charge in [-0.1, -0.05) is 0 Å². The molecule has 0 unspecified atom stereocenters. The van der Waals surface area contributed by atoms with E-state index >= 15 is 0 Å². The number of aryl methyl sites for hydroxylation is 1. The fraction of sp³-hybridized carbons (Fsp3) is 0.389. The first-order valence-corrected chi connectivity index (χ1v) is 8.39. The van der Waals surface area contributed by atoms with Crippen molar-refractivity contribution in [3.05, 3.63) is 48.2 Å². The molecule has 7 nitrogen and oxygen atoms in total. The molecule has 1 aliphatic heterocycles. The number of likely N-dealkylation sites (tertiary alicyclic amines) is 1. The van der Waals surface area contributed by atoms with E-state index in [1.54, 1.807) is 30.6 Å². The summed E-state index contributed by atoms with van der Waals surface area (Å²) in [6, 6.07) is 5.41. The third-order valence-electron chi connectivity index (χ3n) is 4.32. The van der Waals surface area contributed by atoms with Crippen molar-refractivity contribution in [3.63, 3.8) is 0 Å². The van der Waals surface area contributed by atoms with Gasteiger partial charge in [0.2, 0.25) is 5.91 Å². The fourth-order valence-corrected chi connectivity index (χ4v) is 2.93. The summed E-state index contributed by atoms with van der Waals surface area (Å²) >= 11 is 0. The molecule has 2 amide bonds. The number of carbonyl (C=O) groups is 2. The van der Waals surface area contributed by atoms with Gasteiger partial charge in [0.05, 0.1) is 12.8 Å². The molecule has 7 heteroatoms. The number of nitrogens with one attached hydrogen (secondary N) is 2. The van der Waals surface area contributed by atoms with E-state index in [0.29, 0.717) is 12.3 Å². The van der Waals surface area contributed by atoms with Gasteiger partial charge >= 0.3 is 0 Å². The highest BCUT2D eigenvalue weighted by Crippen LogP contribution is 2.14. The quantitative estimate of drug-likeness (QED) is 0.865. The molecule has 0 aliphatic carbocycles. The molecule has 2 aromatic heterocycles. The zero-order chi connectivity index (χ0) is 17.6. The van der Waals surface area contributed by atoms with Crippen LogP contribution in [0.15, 0.2) is 41.3 Å². The number of nitrogens with zero attached hydrogens (tertiary/aromatic N) is 2. The van der Waals surface area contributed by atoms with Gasteiger partial charge in [0.1, 0.15) is 0 Å². The van der Waals surface area contributed by atoms with E-state index in [2.05, 4.69) is 20.5 Å². The van der Waals surface area contributed by atoms with Crippen LogP contribution in [-0.4, -0.2) is 47.4 Å². The summed E-state index contributed by atoms with van der Waals surface area (Å²) in [5, 5.41) is 5.86. The molecule has 2 N–H and O–H groups in total. The third kappa shape index (κ3) is 4.67. The van der Waals surface area contributed by atoms with Crippen molar-refractivity contribution >= 4 is 17.5 Å². The molecule has 0 atom stereocenters. The molecular weight excluding hydrogens is 320 g/mol. The van der Waals surface area contributed by atoms with Gasteiger partial charge < -0.3 is 15.1 Å². The average Bonchev–Trinajstić information content (AvgIpc) is 3.03. The monoisotopic (exact) mass is 342 g/mol. The highest BCUT2D eigenvalue weighted by atomic mass is 16.3. The molecule has 1 saturated heterocycles. The van der Waals surface area contributed by atoms with Gasteiger partial charge in [-0.25, -0.2) is 0 Å². The van der Waals surface area contributed by atoms with Crippen LogP contribution in [0.2, 0.25) is 0 Å². The van der Waals surface area contributed by atoms with Gasteiger partial charge in [0.15, 0.2) is 5.76 Å². The number of furan rings is 1. The molecule has 0 aromatic carbocycles. The molecule has 0 bridgehead atoms. The number of hydrogen-bond donors (Lipinski definition) is 2. The van der Waals surface area contributed by atoms with Crippen molar-refractivity contribution in [2.24, 2.45) is 0 Å². The predicted molar refractivity (Wildman–Crippen MR) is 93.2 cm³/mol. The van der Waals surface area contributed by atoms with E-state index in [0.717, 1.165) is 37.2 Å². The van der Waals surface area contributed by atoms with Crippen LogP contribution in [0.5, 0.6) is 0 Å². The lowest BCUT2D eigenvalue weighted by Crippen LogP contribution is -2.46. The SMILES string of the molecule is Cc1ccoc1C(=O)NC1CCN(CC(=O)Nc2ccncc2)CC1. The standard InChI is InChI=1S/C18H22N4O3/c1-13-6-11-25-17(13)18(24)21-15-4-9-22(10-5-15)12-16(23)20-14-2-7-19-8-3-14/h2-3,6-8,11,15H,4-5,9-10,12H2,1H3,(H,21,24)(H,19,20,23). The average molecular weight is 342 g/mol. The van der Waals surface area contributed by atoms with Crippen molar-refractivity contribution in [2.45, 2.75) is 25.8 Å². The Morgan fingerprint density at radius 3 is 2.60 bits per heavy atom. The second kappa shape index (κ2) is 7.94. The van der Waals surface area contributed by atoms with Crippen LogP contribution in [0.1, 0.15) is 29.0 Å². The van der Waals surface area contributed by atoms with E-state index in [4.69, 9.17) is 4.42 Å². The number of carbonyl (C=O) groups excluding carboxylic acids is 2. The van der Waals surface area contributed by atoms with Crippen LogP contribution < -0.4 is 10.6 Å². The van der Waals surface area contributed by atoms with Gasteiger partial charge in [-0.15, -0.1) is 0 Å². The maximum atomic E-state index is 12.2. The van der Waals surface area contributed by atoms with E-state index in [-0.39, 0.29) is 17.9 Å². The van der Waals surface area contributed by atoms with Crippen LogP contribution in [0.25, 0.3) is 0 Å². The Bertz CT molecular complexity index is 721. The zero-order valence-corrected chi connectivity index (χ0v) is 14.2. The lowest BCUT2D eigenvalue weighted by atomic mass is 10.0. The maximum absolute atomic E-state index is 12.2. The van der Waals surface area contributed by atoms with Crippen molar-refractivity contribution in [3.8, 4) is 0 Å². The highest BCUT2D eigenvalue weighted by Gasteiger charge is 2.23. The van der Waals surface area contributed by atoms with Crippen molar-refractivity contribution < 1.29 is 14.0 Å². The summed E-state index contributed by atoms with van der Waals surface area (Å²) < 4.78 is 5.22. The second-order valence-corrected chi connectivity index (χ2v) is 6.24. The second-order valence-electron chi connectivity index (χ2n) is 6.24. The smallest absolute Gasteiger partial charge is 0.287 e. The number of rotatable bonds is 5. The summed E-state index contributed by atoms with van der Waals surface area (Å²) in [5.41, 5.74) is 1.58. The van der Waals surface area contributed by atoms with E-state index in [9.17, 15) is 9.59 Å². The summed E-state index contributed by atoms with van der Waals surface area (Å²) in [6.07, 6.45) is 6.44. The first kappa shape index (κ1) is 17.2. The highest BCUT2D eigenvalue weighted by molar-refractivity contribution is 5.93. The van der Waals surface area contributed by atoms with Crippen LogP contribution in [0, 0.1) is 6.92 Å². The maximum Gasteiger partial charge on any atom is 0.287 e. The Morgan fingerprint density at radius 2 is 1.96 bits per heavy atom. The van der Waals surface area contributed by atoms with Crippen molar-refractivity contribution in [1.29, 1.82) is 0 Å². The van der Waals surface area contributed by atoms with Gasteiger partial charge in [0.25, 0.3) is 5.91 Å². The molecule has 2 aromatic rings. The summed E-state index contributed by atoms with van der Waals surface area (Å²) in [7, 11) is 0. The number of aromatic nitrogens is 1. The zero-order valence-electron chi connectivity index (χ0n) is 14.2. The lowest BCUT2D eigenvalue weighted by molar-refractivity contribution is -0.117. The molecule has 0 saturated carbocycles. The van der Waals surface area contributed by atoms with Crippen molar-refractivity contribution in [1.82, 2.24) is 15.2 Å². The Hall–Kier alpha value is -2.67. The predicted octanol–water partition coefficient (Wildman–Crippen LogP) is 1.82. The number of amides is 2. The summed E-state index contributed by atoms with van der Waals surface area (Å²) in [4.78, 5) is 30.3. The third-order valence-corrected chi connectivity index (χ3v) is 4.32. The van der Waals surface area contributed by atoms with Gasteiger partial charge in [-0.2, -0.15) is 0 Å².